The summed E-state index contributed by atoms with van der Waals surface area (Å²) in [6.45, 7) is 2.07. The lowest BCUT2D eigenvalue weighted by atomic mass is 10.2. The van der Waals surface area contributed by atoms with Gasteiger partial charge in [0.25, 0.3) is 0 Å². The maximum Gasteiger partial charge on any atom is 0.0976 e. The lowest BCUT2D eigenvalue weighted by Crippen LogP contribution is -1.97. The second kappa shape index (κ2) is 5.91. The molecule has 4 heteroatoms. The van der Waals surface area contributed by atoms with Crippen molar-refractivity contribution in [2.45, 2.75) is 17.9 Å². The molecule has 1 heterocycles. The van der Waals surface area contributed by atoms with Crippen LogP contribution in [0.3, 0.4) is 0 Å². The number of thiophene rings is 1. The van der Waals surface area contributed by atoms with Crippen LogP contribution in [-0.2, 0) is 0 Å². The molecule has 0 aliphatic carbocycles. The van der Waals surface area contributed by atoms with Gasteiger partial charge in [0.05, 0.1) is 10.4 Å². The standard InChI is InChI=1S/C13H13ClOS2/c1-9-2-4-10(5-3-9)16-8-11(15)12-6-7-13(14)17-12/h2-7,11,15H,8H2,1H3. The SMILES string of the molecule is Cc1ccc(SCC(O)c2ccc(Cl)s2)cc1. The number of halogens is 1. The van der Waals surface area contributed by atoms with Crippen LogP contribution in [0.4, 0.5) is 0 Å². The topological polar surface area (TPSA) is 20.2 Å². The number of rotatable bonds is 4. The van der Waals surface area contributed by atoms with Crippen LogP contribution in [0.2, 0.25) is 4.34 Å². The van der Waals surface area contributed by atoms with E-state index in [1.807, 2.05) is 12.1 Å². The van der Waals surface area contributed by atoms with Crippen molar-refractivity contribution in [3.8, 4) is 0 Å². The Morgan fingerprint density at radius 3 is 2.53 bits per heavy atom. The Hall–Kier alpha value is -0.480. The zero-order valence-corrected chi connectivity index (χ0v) is 11.8. The predicted molar refractivity (Wildman–Crippen MR) is 76.2 cm³/mol. The average Bonchev–Trinajstić information content (AvgIpc) is 2.75. The van der Waals surface area contributed by atoms with Crippen molar-refractivity contribution in [1.29, 1.82) is 0 Å². The highest BCUT2D eigenvalue weighted by molar-refractivity contribution is 7.99. The average molecular weight is 285 g/mol. The van der Waals surface area contributed by atoms with Crippen LogP contribution >= 0.6 is 34.7 Å². The molecule has 0 saturated heterocycles. The number of thioether (sulfide) groups is 1. The van der Waals surface area contributed by atoms with E-state index in [1.54, 1.807) is 11.8 Å². The molecule has 17 heavy (non-hydrogen) atoms. The summed E-state index contributed by atoms with van der Waals surface area (Å²) < 4.78 is 0.722. The normalized spacial score (nSPS) is 12.6. The number of hydrogen-bond donors (Lipinski definition) is 1. The van der Waals surface area contributed by atoms with Crippen molar-refractivity contribution >= 4 is 34.7 Å². The molecule has 0 aliphatic rings. The number of benzene rings is 1. The van der Waals surface area contributed by atoms with Gasteiger partial charge in [-0.1, -0.05) is 29.3 Å². The predicted octanol–water partition coefficient (Wildman–Crippen LogP) is 4.54. The Bertz CT molecular complexity index is 478. The van der Waals surface area contributed by atoms with Gasteiger partial charge < -0.3 is 5.11 Å². The number of aliphatic hydroxyl groups excluding tert-OH is 1. The third-order valence-corrected chi connectivity index (χ3v) is 4.77. The van der Waals surface area contributed by atoms with Crippen molar-refractivity contribution in [3.05, 3.63) is 51.2 Å². The summed E-state index contributed by atoms with van der Waals surface area (Å²) in [6, 6.07) is 12.0. The Morgan fingerprint density at radius 1 is 1.24 bits per heavy atom. The zero-order valence-electron chi connectivity index (χ0n) is 9.39. The minimum absolute atomic E-state index is 0.446. The summed E-state index contributed by atoms with van der Waals surface area (Å²) in [4.78, 5) is 2.10. The lowest BCUT2D eigenvalue weighted by molar-refractivity contribution is 0.208. The molecule has 0 radical (unpaired) electrons. The maximum atomic E-state index is 9.98. The fourth-order valence-corrected chi connectivity index (χ4v) is 3.41. The summed E-state index contributed by atoms with van der Waals surface area (Å²) in [7, 11) is 0. The highest BCUT2D eigenvalue weighted by atomic mass is 35.5. The summed E-state index contributed by atoms with van der Waals surface area (Å²) >= 11 is 8.93. The van der Waals surface area contributed by atoms with Crippen LogP contribution in [0.5, 0.6) is 0 Å². The first-order valence-corrected chi connectivity index (χ1v) is 7.46. The molecular formula is C13H13ClOS2. The monoisotopic (exact) mass is 284 g/mol. The van der Waals surface area contributed by atoms with Gasteiger partial charge >= 0.3 is 0 Å². The second-order valence-electron chi connectivity index (χ2n) is 3.78. The molecule has 0 aliphatic heterocycles. The summed E-state index contributed by atoms with van der Waals surface area (Å²) in [5.74, 6) is 0.653. The van der Waals surface area contributed by atoms with Gasteiger partial charge in [0, 0.05) is 15.5 Å². The van der Waals surface area contributed by atoms with E-state index in [2.05, 4.69) is 31.2 Å². The Kier molecular flexibility index (Phi) is 4.51. The van der Waals surface area contributed by atoms with Gasteiger partial charge in [-0.25, -0.2) is 0 Å². The molecule has 2 rings (SSSR count). The first kappa shape index (κ1) is 13.0. The van der Waals surface area contributed by atoms with E-state index in [1.165, 1.54) is 21.8 Å². The zero-order chi connectivity index (χ0) is 12.3. The van der Waals surface area contributed by atoms with E-state index >= 15 is 0 Å². The molecule has 0 fully saturated rings. The van der Waals surface area contributed by atoms with Crippen molar-refractivity contribution in [2.24, 2.45) is 0 Å². The number of aryl methyl sites for hydroxylation is 1. The molecule has 90 valence electrons. The number of aliphatic hydroxyl groups is 1. The minimum atomic E-state index is -0.446. The van der Waals surface area contributed by atoms with E-state index in [4.69, 9.17) is 11.6 Å². The van der Waals surface area contributed by atoms with Crippen LogP contribution in [0.25, 0.3) is 0 Å². The van der Waals surface area contributed by atoms with Gasteiger partial charge in [0.2, 0.25) is 0 Å². The van der Waals surface area contributed by atoms with E-state index in [-0.39, 0.29) is 0 Å². The number of hydrogen-bond acceptors (Lipinski definition) is 3. The van der Waals surface area contributed by atoms with Crippen LogP contribution in [0.15, 0.2) is 41.3 Å². The first-order valence-electron chi connectivity index (χ1n) is 5.28. The summed E-state index contributed by atoms with van der Waals surface area (Å²) in [5.41, 5.74) is 1.25. The van der Waals surface area contributed by atoms with E-state index < -0.39 is 6.10 Å². The van der Waals surface area contributed by atoms with Crippen molar-refractivity contribution < 1.29 is 5.11 Å². The summed E-state index contributed by atoms with van der Waals surface area (Å²) in [6.07, 6.45) is -0.446. The van der Waals surface area contributed by atoms with Crippen molar-refractivity contribution in [1.82, 2.24) is 0 Å². The Morgan fingerprint density at radius 2 is 1.94 bits per heavy atom. The molecule has 1 aromatic heterocycles. The van der Waals surface area contributed by atoms with Crippen LogP contribution in [0.1, 0.15) is 16.5 Å². The Labute approximate surface area is 114 Å². The summed E-state index contributed by atoms with van der Waals surface area (Å²) in [5, 5.41) is 9.98. The quantitative estimate of drug-likeness (QED) is 0.832. The van der Waals surface area contributed by atoms with Crippen LogP contribution < -0.4 is 0 Å². The second-order valence-corrected chi connectivity index (χ2v) is 6.62. The minimum Gasteiger partial charge on any atom is -0.387 e. The highest BCUT2D eigenvalue weighted by Gasteiger charge is 2.10. The van der Waals surface area contributed by atoms with Gasteiger partial charge in [0.1, 0.15) is 0 Å². The van der Waals surface area contributed by atoms with E-state index in [9.17, 15) is 5.11 Å². The highest BCUT2D eigenvalue weighted by Crippen LogP contribution is 2.30. The smallest absolute Gasteiger partial charge is 0.0976 e. The molecule has 0 spiro atoms. The Balaban J connectivity index is 1.92. The molecule has 1 atom stereocenters. The molecule has 0 amide bonds. The third-order valence-electron chi connectivity index (χ3n) is 2.35. The van der Waals surface area contributed by atoms with E-state index in [0.717, 1.165) is 9.21 Å². The molecule has 1 N–H and O–H groups in total. The van der Waals surface area contributed by atoms with Gasteiger partial charge in [-0.2, -0.15) is 0 Å². The van der Waals surface area contributed by atoms with Gasteiger partial charge in [-0.05, 0) is 31.2 Å². The third kappa shape index (κ3) is 3.75. The van der Waals surface area contributed by atoms with Crippen molar-refractivity contribution in [3.63, 3.8) is 0 Å². The van der Waals surface area contributed by atoms with Gasteiger partial charge in [-0.3, -0.25) is 0 Å². The largest absolute Gasteiger partial charge is 0.387 e. The molecule has 2 aromatic rings. The molecule has 1 aromatic carbocycles. The van der Waals surface area contributed by atoms with Crippen molar-refractivity contribution in [2.75, 3.05) is 5.75 Å². The fraction of sp³-hybridized carbons (Fsp3) is 0.231. The molecule has 1 nitrogen and oxygen atoms in total. The van der Waals surface area contributed by atoms with E-state index in [0.29, 0.717) is 5.75 Å². The maximum absolute atomic E-state index is 9.98. The van der Waals surface area contributed by atoms with Crippen LogP contribution in [0, 0.1) is 6.92 Å². The first-order chi connectivity index (χ1) is 8.15. The fourth-order valence-electron chi connectivity index (χ4n) is 1.40. The molecule has 1 unspecified atom stereocenters. The molecule has 0 saturated carbocycles. The molecular weight excluding hydrogens is 272 g/mol. The van der Waals surface area contributed by atoms with Crippen LogP contribution in [-0.4, -0.2) is 10.9 Å². The molecule has 0 bridgehead atoms. The van der Waals surface area contributed by atoms with Gasteiger partial charge in [-0.15, -0.1) is 23.1 Å². The van der Waals surface area contributed by atoms with Gasteiger partial charge in [0.15, 0.2) is 0 Å². The lowest BCUT2D eigenvalue weighted by Gasteiger charge is -2.08.